The van der Waals surface area contributed by atoms with Crippen LogP contribution < -0.4 is 10.6 Å². The first-order chi connectivity index (χ1) is 8.72. The zero-order chi connectivity index (χ0) is 12.5. The molecule has 2 fully saturated rings. The third-order valence-corrected chi connectivity index (χ3v) is 3.54. The lowest BCUT2D eigenvalue weighted by atomic mass is 10.4. The van der Waals surface area contributed by atoms with Crippen LogP contribution >= 0.6 is 0 Å². The Labute approximate surface area is 107 Å². The molecule has 3 rings (SSSR count). The van der Waals surface area contributed by atoms with E-state index in [2.05, 4.69) is 33.8 Å². The molecule has 2 aliphatic carbocycles. The van der Waals surface area contributed by atoms with Crippen molar-refractivity contribution >= 4 is 11.8 Å². The molecule has 18 heavy (non-hydrogen) atoms. The third-order valence-electron chi connectivity index (χ3n) is 3.54. The summed E-state index contributed by atoms with van der Waals surface area (Å²) >= 11 is 0. The predicted molar refractivity (Wildman–Crippen MR) is 73.5 cm³/mol. The molecule has 0 spiro atoms. The lowest BCUT2D eigenvalue weighted by molar-refractivity contribution is 0.890. The van der Waals surface area contributed by atoms with Gasteiger partial charge >= 0.3 is 0 Å². The van der Waals surface area contributed by atoms with Gasteiger partial charge in [-0.15, -0.1) is 0 Å². The van der Waals surface area contributed by atoms with Crippen LogP contribution in [0.25, 0.3) is 0 Å². The first-order valence-electron chi connectivity index (χ1n) is 6.38. The third kappa shape index (κ3) is 2.70. The van der Waals surface area contributed by atoms with Crippen LogP contribution in [-0.4, -0.2) is 23.1 Å². The van der Waals surface area contributed by atoms with Gasteiger partial charge in [-0.25, -0.2) is 4.98 Å². The molecule has 0 aromatic carbocycles. The van der Waals surface area contributed by atoms with Gasteiger partial charge in [-0.2, -0.15) is 4.98 Å². The summed E-state index contributed by atoms with van der Waals surface area (Å²) in [6.45, 7) is 9.70. The van der Waals surface area contributed by atoms with E-state index in [9.17, 15) is 0 Å². The lowest BCUT2D eigenvalue weighted by Crippen LogP contribution is -2.10. The van der Waals surface area contributed by atoms with E-state index in [0.29, 0.717) is 17.8 Å². The lowest BCUT2D eigenvalue weighted by Gasteiger charge is -2.07. The molecule has 0 aliphatic heterocycles. The van der Waals surface area contributed by atoms with Gasteiger partial charge in [0.05, 0.1) is 0 Å². The fraction of sp³-hybridized carbons (Fsp3) is 0.429. The molecule has 1 heterocycles. The molecule has 94 valence electrons. The van der Waals surface area contributed by atoms with Gasteiger partial charge in [0, 0.05) is 31.1 Å². The highest BCUT2D eigenvalue weighted by molar-refractivity contribution is 5.41. The fourth-order valence-corrected chi connectivity index (χ4v) is 1.93. The van der Waals surface area contributed by atoms with Crippen molar-refractivity contribution in [3.05, 3.63) is 36.6 Å². The number of aromatic nitrogens is 2. The molecule has 2 N–H and O–H groups in total. The zero-order valence-electron chi connectivity index (χ0n) is 10.4. The van der Waals surface area contributed by atoms with Crippen LogP contribution in [-0.2, 0) is 0 Å². The Hall–Kier alpha value is -1.84. The van der Waals surface area contributed by atoms with Crippen molar-refractivity contribution in [1.29, 1.82) is 0 Å². The first kappa shape index (κ1) is 11.3. The number of hydrogen-bond donors (Lipinski definition) is 2. The van der Waals surface area contributed by atoms with Crippen molar-refractivity contribution in [3.63, 3.8) is 0 Å². The molecule has 2 unspecified atom stereocenters. The van der Waals surface area contributed by atoms with E-state index in [0.717, 1.165) is 31.7 Å². The smallest absolute Gasteiger partial charge is 0.224 e. The van der Waals surface area contributed by atoms with Crippen molar-refractivity contribution in [3.8, 4) is 0 Å². The fourth-order valence-electron chi connectivity index (χ4n) is 1.93. The van der Waals surface area contributed by atoms with Gasteiger partial charge < -0.3 is 10.6 Å². The van der Waals surface area contributed by atoms with Gasteiger partial charge in [-0.3, -0.25) is 0 Å². The quantitative estimate of drug-likeness (QED) is 0.752. The van der Waals surface area contributed by atoms with E-state index in [4.69, 9.17) is 0 Å². The number of hydrogen-bond acceptors (Lipinski definition) is 4. The summed E-state index contributed by atoms with van der Waals surface area (Å²) in [5.74, 6) is 2.81. The van der Waals surface area contributed by atoms with E-state index in [1.807, 2.05) is 6.07 Å². The second-order valence-electron chi connectivity index (χ2n) is 5.15. The average Bonchev–Trinajstić information content (AvgIpc) is 3.25. The number of nitrogens with one attached hydrogen (secondary N) is 2. The van der Waals surface area contributed by atoms with Crippen LogP contribution in [0, 0.1) is 11.8 Å². The highest BCUT2D eigenvalue weighted by atomic mass is 15.1. The molecular weight excluding hydrogens is 224 g/mol. The molecule has 0 radical (unpaired) electrons. The summed E-state index contributed by atoms with van der Waals surface area (Å²) in [6.07, 6.45) is 4.06. The molecule has 2 atom stereocenters. The SMILES string of the molecule is C=C1CC1CNc1ccnc(NCC2CC2=C)n1. The average molecular weight is 242 g/mol. The standard InChI is InChI=1S/C14H18N4/c1-9-5-11(9)7-16-13-3-4-15-14(18-13)17-8-12-6-10(12)2/h3-4,11-12H,1-2,5-8H2,(H2,15,16,17,18). The molecule has 4 nitrogen and oxygen atoms in total. The normalized spacial score (nSPS) is 24.9. The number of rotatable bonds is 6. The van der Waals surface area contributed by atoms with Crippen molar-refractivity contribution in [2.24, 2.45) is 11.8 Å². The van der Waals surface area contributed by atoms with Gasteiger partial charge in [-0.1, -0.05) is 24.3 Å². The highest BCUT2D eigenvalue weighted by Gasteiger charge is 2.27. The molecule has 0 saturated heterocycles. The van der Waals surface area contributed by atoms with Crippen molar-refractivity contribution in [1.82, 2.24) is 9.97 Å². The Morgan fingerprint density at radius 3 is 2.33 bits per heavy atom. The van der Waals surface area contributed by atoms with E-state index in [1.54, 1.807) is 6.20 Å². The van der Waals surface area contributed by atoms with Gasteiger partial charge in [0.2, 0.25) is 5.95 Å². The monoisotopic (exact) mass is 242 g/mol. The van der Waals surface area contributed by atoms with Crippen LogP contribution in [0.2, 0.25) is 0 Å². The van der Waals surface area contributed by atoms with E-state index in [1.165, 1.54) is 11.1 Å². The summed E-state index contributed by atoms with van der Waals surface area (Å²) in [5, 5.41) is 6.57. The number of nitrogens with zero attached hydrogens (tertiary/aromatic N) is 2. The molecule has 1 aromatic rings. The molecule has 4 heteroatoms. The molecule has 2 saturated carbocycles. The van der Waals surface area contributed by atoms with Crippen LogP contribution in [0.1, 0.15) is 12.8 Å². The van der Waals surface area contributed by atoms with Crippen molar-refractivity contribution < 1.29 is 0 Å². The van der Waals surface area contributed by atoms with Crippen LogP contribution in [0.15, 0.2) is 36.6 Å². The van der Waals surface area contributed by atoms with Crippen LogP contribution in [0.5, 0.6) is 0 Å². The van der Waals surface area contributed by atoms with E-state index < -0.39 is 0 Å². The minimum absolute atomic E-state index is 0.611. The second kappa shape index (κ2) is 4.44. The molecular formula is C14H18N4. The zero-order valence-corrected chi connectivity index (χ0v) is 10.4. The Morgan fingerprint density at radius 1 is 1.11 bits per heavy atom. The minimum atomic E-state index is 0.611. The van der Waals surface area contributed by atoms with Crippen LogP contribution in [0.3, 0.4) is 0 Å². The second-order valence-corrected chi connectivity index (χ2v) is 5.15. The topological polar surface area (TPSA) is 49.8 Å². The molecule has 2 aliphatic rings. The Balaban J connectivity index is 1.51. The van der Waals surface area contributed by atoms with Crippen LogP contribution in [0.4, 0.5) is 11.8 Å². The summed E-state index contributed by atoms with van der Waals surface area (Å²) in [6, 6.07) is 1.90. The Kier molecular flexibility index (Phi) is 2.78. The molecule has 0 bridgehead atoms. The summed E-state index contributed by atoms with van der Waals surface area (Å²) < 4.78 is 0. The summed E-state index contributed by atoms with van der Waals surface area (Å²) in [5.41, 5.74) is 2.66. The van der Waals surface area contributed by atoms with Gasteiger partial charge in [0.25, 0.3) is 0 Å². The maximum Gasteiger partial charge on any atom is 0.224 e. The highest BCUT2D eigenvalue weighted by Crippen LogP contribution is 2.36. The predicted octanol–water partition coefficient (Wildman–Crippen LogP) is 2.45. The summed E-state index contributed by atoms with van der Waals surface area (Å²) in [4.78, 5) is 8.64. The maximum atomic E-state index is 4.43. The first-order valence-corrected chi connectivity index (χ1v) is 6.38. The van der Waals surface area contributed by atoms with Crippen molar-refractivity contribution in [2.75, 3.05) is 23.7 Å². The van der Waals surface area contributed by atoms with Gasteiger partial charge in [-0.05, 0) is 18.9 Å². The van der Waals surface area contributed by atoms with Gasteiger partial charge in [0.1, 0.15) is 5.82 Å². The van der Waals surface area contributed by atoms with E-state index in [-0.39, 0.29) is 0 Å². The maximum absolute atomic E-state index is 4.43. The molecule has 0 amide bonds. The summed E-state index contributed by atoms with van der Waals surface area (Å²) in [7, 11) is 0. The number of anilines is 2. The molecule has 1 aromatic heterocycles. The van der Waals surface area contributed by atoms with E-state index >= 15 is 0 Å². The Bertz CT molecular complexity index is 453. The Morgan fingerprint density at radius 2 is 1.72 bits per heavy atom. The van der Waals surface area contributed by atoms with Crippen molar-refractivity contribution in [2.45, 2.75) is 12.8 Å². The largest absolute Gasteiger partial charge is 0.369 e. The minimum Gasteiger partial charge on any atom is -0.369 e. The van der Waals surface area contributed by atoms with Gasteiger partial charge in [0.15, 0.2) is 0 Å².